The second-order valence-corrected chi connectivity index (χ2v) is 6.72. The van der Waals surface area contributed by atoms with Crippen molar-refractivity contribution in [1.82, 2.24) is 0 Å². The summed E-state index contributed by atoms with van der Waals surface area (Å²) in [5, 5.41) is 0.107. The molecule has 1 aliphatic heterocycles. The van der Waals surface area contributed by atoms with Gasteiger partial charge in [0.05, 0.1) is 10.6 Å². The van der Waals surface area contributed by atoms with Gasteiger partial charge in [-0.2, -0.15) is 0 Å². The number of nitrogens with two attached hydrogens (primary N) is 1. The van der Waals surface area contributed by atoms with Crippen LogP contribution in [0.3, 0.4) is 0 Å². The number of amides is 3. The van der Waals surface area contributed by atoms with Crippen LogP contribution < -0.4 is 15.4 Å². The van der Waals surface area contributed by atoms with Crippen molar-refractivity contribution >= 4 is 52.2 Å². The van der Waals surface area contributed by atoms with Gasteiger partial charge < -0.3 is 10.5 Å². The molecule has 0 atom stereocenters. The Morgan fingerprint density at radius 3 is 2.54 bits per heavy atom. The van der Waals surface area contributed by atoms with Crippen molar-refractivity contribution in [3.8, 4) is 5.75 Å². The number of hydrogen-bond donors (Lipinski definition) is 1. The number of anilines is 1. The van der Waals surface area contributed by atoms with Crippen molar-refractivity contribution < 1.29 is 19.1 Å². The number of rotatable bonds is 5. The Balaban J connectivity index is 1.89. The molecular weight excluding hydrogens is 376 g/mol. The summed E-state index contributed by atoms with van der Waals surface area (Å²) < 4.78 is 5.34. The number of nitrogens with zero attached hydrogens (tertiary/aromatic N) is 1. The number of ether oxygens (including phenoxy) is 1. The lowest BCUT2D eigenvalue weighted by molar-refractivity contribution is -0.120. The third kappa shape index (κ3) is 3.89. The number of para-hydroxylation sites is 1. The van der Waals surface area contributed by atoms with Crippen LogP contribution >= 0.6 is 23.4 Å². The largest absolute Gasteiger partial charge is 0.483 e. The molecule has 2 aromatic carbocycles. The van der Waals surface area contributed by atoms with Gasteiger partial charge in [0, 0.05) is 10.6 Å². The first-order chi connectivity index (χ1) is 12.5. The van der Waals surface area contributed by atoms with E-state index in [1.165, 1.54) is 0 Å². The molecule has 1 saturated heterocycles. The molecule has 0 bridgehead atoms. The first-order valence-electron chi connectivity index (χ1n) is 7.49. The highest BCUT2D eigenvalue weighted by molar-refractivity contribution is 8.19. The predicted octanol–water partition coefficient (Wildman–Crippen LogP) is 3.45. The maximum absolute atomic E-state index is 12.7. The quantitative estimate of drug-likeness (QED) is 0.792. The molecule has 3 rings (SSSR count). The molecule has 2 aromatic rings. The van der Waals surface area contributed by atoms with E-state index in [1.807, 2.05) is 0 Å². The Hall–Kier alpha value is -2.77. The van der Waals surface area contributed by atoms with Crippen molar-refractivity contribution in [2.45, 2.75) is 0 Å². The minimum absolute atomic E-state index is 0.250. The molecule has 1 fully saturated rings. The topological polar surface area (TPSA) is 89.7 Å². The van der Waals surface area contributed by atoms with E-state index in [9.17, 15) is 14.4 Å². The van der Waals surface area contributed by atoms with Gasteiger partial charge in [-0.15, -0.1) is 0 Å². The molecule has 3 amide bonds. The normalized spacial score (nSPS) is 15.6. The maximum atomic E-state index is 12.7. The SMILES string of the molecule is NC(=O)COc1ccccc1/C=C1\SC(=O)N(c2ccc(Cl)cc2)C1=O. The molecule has 1 heterocycles. The highest BCUT2D eigenvalue weighted by Gasteiger charge is 2.36. The number of halogens is 1. The highest BCUT2D eigenvalue weighted by atomic mass is 35.5. The number of carbonyl (C=O) groups excluding carboxylic acids is 3. The van der Waals surface area contributed by atoms with Crippen LogP contribution in [0.15, 0.2) is 53.4 Å². The van der Waals surface area contributed by atoms with Gasteiger partial charge in [-0.05, 0) is 48.2 Å². The van der Waals surface area contributed by atoms with Gasteiger partial charge in [-0.3, -0.25) is 14.4 Å². The molecule has 26 heavy (non-hydrogen) atoms. The van der Waals surface area contributed by atoms with Gasteiger partial charge in [0.25, 0.3) is 17.1 Å². The van der Waals surface area contributed by atoms with Crippen LogP contribution in [0.25, 0.3) is 6.08 Å². The minimum Gasteiger partial charge on any atom is -0.483 e. The van der Waals surface area contributed by atoms with Gasteiger partial charge in [-0.1, -0.05) is 29.8 Å². The van der Waals surface area contributed by atoms with E-state index >= 15 is 0 Å². The lowest BCUT2D eigenvalue weighted by atomic mass is 10.2. The van der Waals surface area contributed by atoms with Gasteiger partial charge in [-0.25, -0.2) is 4.90 Å². The van der Waals surface area contributed by atoms with Crippen LogP contribution in [0.2, 0.25) is 5.02 Å². The third-order valence-electron chi connectivity index (χ3n) is 3.45. The summed E-state index contributed by atoms with van der Waals surface area (Å²) in [5.41, 5.74) is 6.10. The Kier molecular flexibility index (Phi) is 5.29. The average Bonchev–Trinajstić information content (AvgIpc) is 2.89. The van der Waals surface area contributed by atoms with Gasteiger partial charge in [0.15, 0.2) is 6.61 Å². The monoisotopic (exact) mass is 388 g/mol. The molecule has 0 aromatic heterocycles. The zero-order valence-electron chi connectivity index (χ0n) is 13.3. The second kappa shape index (κ2) is 7.63. The fourth-order valence-corrected chi connectivity index (χ4v) is 3.26. The van der Waals surface area contributed by atoms with E-state index in [4.69, 9.17) is 22.1 Å². The summed E-state index contributed by atoms with van der Waals surface area (Å²) in [6.45, 7) is -0.281. The first kappa shape index (κ1) is 18.0. The Morgan fingerprint density at radius 2 is 1.85 bits per heavy atom. The van der Waals surface area contributed by atoms with Gasteiger partial charge in [0.1, 0.15) is 5.75 Å². The van der Waals surface area contributed by atoms with E-state index in [1.54, 1.807) is 54.6 Å². The average molecular weight is 389 g/mol. The van der Waals surface area contributed by atoms with Gasteiger partial charge >= 0.3 is 0 Å². The smallest absolute Gasteiger partial charge is 0.298 e. The Labute approximate surface area is 158 Å². The summed E-state index contributed by atoms with van der Waals surface area (Å²) in [6, 6.07) is 13.3. The number of imide groups is 1. The zero-order valence-corrected chi connectivity index (χ0v) is 14.9. The summed E-state index contributed by atoms with van der Waals surface area (Å²) >= 11 is 6.67. The molecule has 1 aliphatic rings. The van der Waals surface area contributed by atoms with E-state index < -0.39 is 17.1 Å². The molecule has 8 heteroatoms. The lowest BCUT2D eigenvalue weighted by Crippen LogP contribution is -2.27. The lowest BCUT2D eigenvalue weighted by Gasteiger charge is -2.12. The fraction of sp³-hybridized carbons (Fsp3) is 0.0556. The van der Waals surface area contributed by atoms with Crippen LogP contribution in [-0.2, 0) is 9.59 Å². The van der Waals surface area contributed by atoms with Crippen LogP contribution in [0.5, 0.6) is 5.75 Å². The molecule has 6 nitrogen and oxygen atoms in total. The van der Waals surface area contributed by atoms with E-state index in [2.05, 4.69) is 0 Å². The molecular formula is C18H13ClN2O4S. The third-order valence-corrected chi connectivity index (χ3v) is 4.58. The van der Waals surface area contributed by atoms with E-state index in [-0.39, 0.29) is 11.5 Å². The Bertz CT molecular complexity index is 912. The molecule has 0 unspecified atom stereocenters. The van der Waals surface area contributed by atoms with Crippen LogP contribution in [0, 0.1) is 0 Å². The molecule has 0 aliphatic carbocycles. The fourth-order valence-electron chi connectivity index (χ4n) is 2.30. The van der Waals surface area contributed by atoms with Crippen molar-refractivity contribution in [2.24, 2.45) is 5.73 Å². The second-order valence-electron chi connectivity index (χ2n) is 5.29. The summed E-state index contributed by atoms with van der Waals surface area (Å²) in [4.78, 5) is 37.2. The summed E-state index contributed by atoms with van der Waals surface area (Å²) in [7, 11) is 0. The standard InChI is InChI=1S/C18H13ClN2O4S/c19-12-5-7-13(8-6-12)21-17(23)15(26-18(21)24)9-11-3-1-2-4-14(11)25-10-16(20)22/h1-9H,10H2,(H2,20,22)/b15-9-. The number of primary amides is 1. The molecule has 0 saturated carbocycles. The van der Waals surface area contributed by atoms with Crippen LogP contribution in [0.4, 0.5) is 10.5 Å². The number of carbonyl (C=O) groups is 3. The number of benzene rings is 2. The van der Waals surface area contributed by atoms with Crippen LogP contribution in [0.1, 0.15) is 5.56 Å². The molecule has 2 N–H and O–H groups in total. The van der Waals surface area contributed by atoms with Crippen molar-refractivity contribution in [2.75, 3.05) is 11.5 Å². The predicted molar refractivity (Wildman–Crippen MR) is 101 cm³/mol. The van der Waals surface area contributed by atoms with E-state index in [0.29, 0.717) is 22.0 Å². The molecule has 132 valence electrons. The molecule has 0 spiro atoms. The van der Waals surface area contributed by atoms with Crippen molar-refractivity contribution in [3.05, 3.63) is 64.0 Å². The Morgan fingerprint density at radius 1 is 1.15 bits per heavy atom. The van der Waals surface area contributed by atoms with Gasteiger partial charge in [0.2, 0.25) is 0 Å². The van der Waals surface area contributed by atoms with E-state index in [0.717, 1.165) is 16.7 Å². The van der Waals surface area contributed by atoms with Crippen LogP contribution in [-0.4, -0.2) is 23.7 Å². The zero-order chi connectivity index (χ0) is 18.7. The first-order valence-corrected chi connectivity index (χ1v) is 8.69. The minimum atomic E-state index is -0.608. The maximum Gasteiger partial charge on any atom is 0.298 e. The highest BCUT2D eigenvalue weighted by Crippen LogP contribution is 2.37. The number of hydrogen-bond acceptors (Lipinski definition) is 5. The van der Waals surface area contributed by atoms with Crippen molar-refractivity contribution in [1.29, 1.82) is 0 Å². The summed E-state index contributed by atoms with van der Waals surface area (Å²) in [6.07, 6.45) is 1.55. The summed E-state index contributed by atoms with van der Waals surface area (Å²) in [5.74, 6) is -0.653. The molecule has 0 radical (unpaired) electrons. The van der Waals surface area contributed by atoms with Crippen molar-refractivity contribution in [3.63, 3.8) is 0 Å². The number of thioether (sulfide) groups is 1.